The van der Waals surface area contributed by atoms with Crippen LogP contribution in [0, 0.1) is 5.41 Å². The Bertz CT molecular complexity index is 358. The Hall–Kier alpha value is -2.11. The van der Waals surface area contributed by atoms with Crippen LogP contribution in [-0.4, -0.2) is 17.0 Å². The molecule has 0 aliphatic rings. The molecular weight excluding hydrogens is 197 g/mol. The van der Waals surface area contributed by atoms with Crippen molar-refractivity contribution in [1.82, 2.24) is 5.12 Å². The molecule has 80 valence electrons. The second-order valence-electron chi connectivity index (χ2n) is 2.87. The molecule has 0 saturated heterocycles. The molecule has 15 heavy (non-hydrogen) atoms. The summed E-state index contributed by atoms with van der Waals surface area (Å²) in [6, 6.07) is 8.89. The van der Waals surface area contributed by atoms with Crippen molar-refractivity contribution in [3.05, 3.63) is 35.9 Å². The molecule has 0 heterocycles. The molecule has 0 bridgehead atoms. The molecule has 1 rings (SSSR count). The molecule has 0 amide bonds. The van der Waals surface area contributed by atoms with Crippen LogP contribution in [0.25, 0.3) is 0 Å². The smallest absolute Gasteiger partial charge is 0.250 e. The summed E-state index contributed by atoms with van der Waals surface area (Å²) in [7, 11) is 0. The van der Waals surface area contributed by atoms with Gasteiger partial charge in [-0.3, -0.25) is 5.41 Å². The van der Waals surface area contributed by atoms with Gasteiger partial charge in [-0.25, -0.2) is 0 Å². The third-order valence-corrected chi connectivity index (χ3v) is 1.63. The predicted octanol–water partition coefficient (Wildman–Crippen LogP) is 0.581. The summed E-state index contributed by atoms with van der Waals surface area (Å²) >= 11 is 0. The molecule has 0 aliphatic carbocycles. The van der Waals surface area contributed by atoms with Gasteiger partial charge in [0.2, 0.25) is 5.96 Å². The Labute approximate surface area is 86.6 Å². The van der Waals surface area contributed by atoms with E-state index in [0.717, 1.165) is 5.56 Å². The number of benzene rings is 1. The van der Waals surface area contributed by atoms with E-state index in [1.165, 1.54) is 0 Å². The van der Waals surface area contributed by atoms with E-state index in [0.29, 0.717) is 0 Å². The SMILES string of the molecule is N=C(N=C(N)N)N(F)Cc1ccccc1. The van der Waals surface area contributed by atoms with Gasteiger partial charge >= 0.3 is 0 Å². The Morgan fingerprint density at radius 1 is 1.33 bits per heavy atom. The van der Waals surface area contributed by atoms with Crippen LogP contribution in [0.5, 0.6) is 0 Å². The number of nitrogens with two attached hydrogens (primary N) is 2. The van der Waals surface area contributed by atoms with Crippen molar-refractivity contribution in [1.29, 1.82) is 5.41 Å². The molecule has 0 fully saturated rings. The molecule has 5 N–H and O–H groups in total. The molecule has 0 saturated carbocycles. The molecular formula is C9H12FN5. The monoisotopic (exact) mass is 209 g/mol. The molecule has 0 spiro atoms. The molecule has 5 nitrogen and oxygen atoms in total. The van der Waals surface area contributed by atoms with Crippen LogP contribution in [0.15, 0.2) is 35.3 Å². The summed E-state index contributed by atoms with van der Waals surface area (Å²) in [5.41, 5.74) is 10.8. The Morgan fingerprint density at radius 2 is 1.93 bits per heavy atom. The number of rotatable bonds is 2. The Kier molecular flexibility index (Phi) is 3.61. The molecule has 1 aromatic carbocycles. The largest absolute Gasteiger partial charge is 0.370 e. The number of halogens is 1. The lowest BCUT2D eigenvalue weighted by Crippen LogP contribution is -2.28. The highest BCUT2D eigenvalue weighted by Gasteiger charge is 2.08. The molecule has 0 radical (unpaired) electrons. The highest BCUT2D eigenvalue weighted by molar-refractivity contribution is 5.91. The number of hydrogen-bond donors (Lipinski definition) is 3. The van der Waals surface area contributed by atoms with Crippen molar-refractivity contribution < 1.29 is 4.48 Å². The number of nitrogens with one attached hydrogen (secondary N) is 1. The second kappa shape index (κ2) is 4.94. The van der Waals surface area contributed by atoms with Crippen LogP contribution in [0.1, 0.15) is 5.56 Å². The van der Waals surface area contributed by atoms with Gasteiger partial charge in [0.25, 0.3) is 0 Å². The summed E-state index contributed by atoms with van der Waals surface area (Å²) in [5, 5.41) is 7.34. The fourth-order valence-electron chi connectivity index (χ4n) is 0.995. The summed E-state index contributed by atoms with van der Waals surface area (Å²) in [6.07, 6.45) is 0. The zero-order chi connectivity index (χ0) is 11.3. The minimum Gasteiger partial charge on any atom is -0.370 e. The van der Waals surface area contributed by atoms with Crippen molar-refractivity contribution in [2.75, 3.05) is 0 Å². The average Bonchev–Trinajstić information content (AvgIpc) is 2.18. The number of nitrogens with zero attached hydrogens (tertiary/aromatic N) is 2. The van der Waals surface area contributed by atoms with Crippen LogP contribution >= 0.6 is 0 Å². The van der Waals surface area contributed by atoms with Crippen molar-refractivity contribution in [3.8, 4) is 0 Å². The zero-order valence-electron chi connectivity index (χ0n) is 8.02. The standard InChI is InChI=1S/C9H12FN5/c10-15(9(13)14-8(11)12)6-7-4-2-1-3-5-7/h1-5H,6H2,(H5,11,12,13,14). The van der Waals surface area contributed by atoms with Crippen LogP contribution in [0.3, 0.4) is 0 Å². The third-order valence-electron chi connectivity index (χ3n) is 1.63. The molecule has 0 unspecified atom stereocenters. The number of aliphatic imine (C=N–C) groups is 1. The van der Waals surface area contributed by atoms with E-state index in [2.05, 4.69) is 4.99 Å². The molecule has 0 aromatic heterocycles. The van der Waals surface area contributed by atoms with E-state index in [4.69, 9.17) is 16.9 Å². The van der Waals surface area contributed by atoms with Gasteiger partial charge in [-0.2, -0.15) is 10.1 Å². The fourth-order valence-corrected chi connectivity index (χ4v) is 0.995. The van der Waals surface area contributed by atoms with Crippen molar-refractivity contribution in [2.45, 2.75) is 6.54 Å². The summed E-state index contributed by atoms with van der Waals surface area (Å²) in [4.78, 5) is 3.28. The lowest BCUT2D eigenvalue weighted by molar-refractivity contribution is 0.109. The second-order valence-corrected chi connectivity index (χ2v) is 2.87. The van der Waals surface area contributed by atoms with Crippen LogP contribution < -0.4 is 11.5 Å². The Morgan fingerprint density at radius 3 is 2.47 bits per heavy atom. The Balaban J connectivity index is 2.60. The maximum Gasteiger partial charge on any atom is 0.250 e. The first-order valence-corrected chi connectivity index (χ1v) is 4.25. The summed E-state index contributed by atoms with van der Waals surface area (Å²) in [5.74, 6) is -0.949. The van der Waals surface area contributed by atoms with E-state index >= 15 is 0 Å². The first-order chi connectivity index (χ1) is 7.09. The van der Waals surface area contributed by atoms with Gasteiger partial charge in [0.15, 0.2) is 5.96 Å². The highest BCUT2D eigenvalue weighted by atomic mass is 19.2. The minimum atomic E-state index is -0.612. The molecule has 0 aliphatic heterocycles. The van der Waals surface area contributed by atoms with Gasteiger partial charge in [-0.15, -0.1) is 0 Å². The number of guanidine groups is 2. The van der Waals surface area contributed by atoms with Crippen molar-refractivity contribution in [3.63, 3.8) is 0 Å². The van der Waals surface area contributed by atoms with Gasteiger partial charge in [0.05, 0.1) is 6.54 Å². The maximum absolute atomic E-state index is 13.2. The van der Waals surface area contributed by atoms with Crippen molar-refractivity contribution >= 4 is 11.9 Å². The lowest BCUT2D eigenvalue weighted by Gasteiger charge is -2.10. The van der Waals surface area contributed by atoms with Crippen molar-refractivity contribution in [2.24, 2.45) is 16.5 Å². The van der Waals surface area contributed by atoms with E-state index in [-0.39, 0.29) is 17.6 Å². The van der Waals surface area contributed by atoms with Gasteiger partial charge in [0, 0.05) is 0 Å². The summed E-state index contributed by atoms with van der Waals surface area (Å²) in [6.45, 7) is -0.0591. The van der Waals surface area contributed by atoms with Crippen LogP contribution in [0.4, 0.5) is 4.48 Å². The van der Waals surface area contributed by atoms with Gasteiger partial charge in [-0.1, -0.05) is 34.8 Å². The highest BCUT2D eigenvalue weighted by Crippen LogP contribution is 2.05. The van der Waals surface area contributed by atoms with Crippen LogP contribution in [0.2, 0.25) is 0 Å². The van der Waals surface area contributed by atoms with Gasteiger partial charge in [0.1, 0.15) is 0 Å². The average molecular weight is 209 g/mol. The van der Waals surface area contributed by atoms with E-state index in [1.54, 1.807) is 24.3 Å². The number of hydrogen-bond acceptors (Lipinski definition) is 1. The van der Waals surface area contributed by atoms with Crippen LogP contribution in [-0.2, 0) is 6.54 Å². The quantitative estimate of drug-likeness (QED) is 0.378. The summed E-state index contributed by atoms with van der Waals surface area (Å²) < 4.78 is 13.2. The maximum atomic E-state index is 13.2. The van der Waals surface area contributed by atoms with Gasteiger partial charge < -0.3 is 11.5 Å². The topological polar surface area (TPSA) is 91.5 Å². The van der Waals surface area contributed by atoms with E-state index < -0.39 is 5.96 Å². The third kappa shape index (κ3) is 3.63. The van der Waals surface area contributed by atoms with Gasteiger partial charge in [-0.05, 0) is 5.56 Å². The first-order valence-electron chi connectivity index (χ1n) is 4.25. The molecule has 1 aromatic rings. The predicted molar refractivity (Wildman–Crippen MR) is 56.6 cm³/mol. The molecule has 0 atom stereocenters. The van der Waals surface area contributed by atoms with E-state index in [9.17, 15) is 4.48 Å². The molecule has 6 heteroatoms. The minimum absolute atomic E-state index is 0.0591. The lowest BCUT2D eigenvalue weighted by atomic mass is 10.2. The fraction of sp³-hybridized carbons (Fsp3) is 0.111. The first kappa shape index (κ1) is 11.0. The van der Waals surface area contributed by atoms with E-state index in [1.807, 2.05) is 6.07 Å². The normalized spacial score (nSPS) is 9.40. The zero-order valence-corrected chi connectivity index (χ0v) is 8.02.